The van der Waals surface area contributed by atoms with E-state index in [1.165, 1.54) is 0 Å². The molecule has 1 N–H and O–H groups in total. The van der Waals surface area contributed by atoms with E-state index in [9.17, 15) is 9.35 Å². The van der Waals surface area contributed by atoms with Crippen molar-refractivity contribution in [3.63, 3.8) is 0 Å². The van der Waals surface area contributed by atoms with E-state index in [1.54, 1.807) is 24.5 Å². The highest BCUT2D eigenvalue weighted by Crippen LogP contribution is 2.17. The standard InChI is InChI=1S/C16H17NO2S/c1-12(17-20(2)19)14-9-6-10-15(11-14)16(18)13-7-4-3-5-8-13/h3-12,17H,1-2H3/t12-,20?/m1/s1. The molecule has 0 radical (unpaired) electrons. The van der Waals surface area contributed by atoms with Crippen LogP contribution in [0.3, 0.4) is 0 Å². The summed E-state index contributed by atoms with van der Waals surface area (Å²) in [6.07, 6.45) is 1.59. The molecule has 0 spiro atoms. The van der Waals surface area contributed by atoms with Gasteiger partial charge in [-0.2, -0.15) is 0 Å². The predicted octanol–water partition coefficient (Wildman–Crippen LogP) is 2.86. The molecule has 0 aliphatic heterocycles. The van der Waals surface area contributed by atoms with E-state index in [-0.39, 0.29) is 11.8 Å². The van der Waals surface area contributed by atoms with Crippen LogP contribution in [-0.4, -0.2) is 16.6 Å². The summed E-state index contributed by atoms with van der Waals surface area (Å²) in [5.74, 6) is -0.00253. The number of hydrogen-bond acceptors (Lipinski definition) is 3. The molecule has 3 nitrogen and oxygen atoms in total. The van der Waals surface area contributed by atoms with Gasteiger partial charge < -0.3 is 4.55 Å². The fraction of sp³-hybridized carbons (Fsp3) is 0.188. The van der Waals surface area contributed by atoms with Crippen LogP contribution in [0.25, 0.3) is 0 Å². The molecule has 2 rings (SSSR count). The van der Waals surface area contributed by atoms with Crippen LogP contribution in [0, 0.1) is 0 Å². The molecule has 0 aliphatic rings. The number of nitrogens with one attached hydrogen (secondary N) is 1. The first-order chi connectivity index (χ1) is 9.58. The highest BCUT2D eigenvalue weighted by molar-refractivity contribution is 7.88. The van der Waals surface area contributed by atoms with Gasteiger partial charge in [-0.3, -0.25) is 4.79 Å². The van der Waals surface area contributed by atoms with Crippen LogP contribution in [-0.2, 0) is 11.4 Å². The largest absolute Gasteiger partial charge is 0.598 e. The van der Waals surface area contributed by atoms with Crippen LogP contribution in [0.5, 0.6) is 0 Å². The Morgan fingerprint density at radius 1 is 1.10 bits per heavy atom. The third kappa shape index (κ3) is 3.70. The zero-order valence-electron chi connectivity index (χ0n) is 11.5. The molecule has 0 aromatic heterocycles. The summed E-state index contributed by atoms with van der Waals surface area (Å²) in [4.78, 5) is 12.4. The lowest BCUT2D eigenvalue weighted by Crippen LogP contribution is -2.25. The summed E-state index contributed by atoms with van der Waals surface area (Å²) in [7, 11) is 0. The summed E-state index contributed by atoms with van der Waals surface area (Å²) < 4.78 is 14.1. The third-order valence-electron chi connectivity index (χ3n) is 3.03. The zero-order valence-corrected chi connectivity index (χ0v) is 12.3. The van der Waals surface area contributed by atoms with Gasteiger partial charge in [-0.15, -0.1) is 4.72 Å². The fourth-order valence-electron chi connectivity index (χ4n) is 2.02. The first-order valence-electron chi connectivity index (χ1n) is 6.37. The van der Waals surface area contributed by atoms with Gasteiger partial charge in [-0.05, 0) is 18.6 Å². The topological polar surface area (TPSA) is 52.2 Å². The van der Waals surface area contributed by atoms with Crippen LogP contribution in [0.1, 0.15) is 34.5 Å². The maximum absolute atomic E-state index is 12.4. The Kier molecular flexibility index (Phi) is 4.95. The van der Waals surface area contributed by atoms with Gasteiger partial charge >= 0.3 is 0 Å². The van der Waals surface area contributed by atoms with Crippen molar-refractivity contribution in [2.45, 2.75) is 13.0 Å². The fourth-order valence-corrected chi connectivity index (χ4v) is 2.66. The molecule has 20 heavy (non-hydrogen) atoms. The van der Waals surface area contributed by atoms with Crippen molar-refractivity contribution in [1.29, 1.82) is 0 Å². The minimum atomic E-state index is -1.08. The number of benzene rings is 2. The van der Waals surface area contributed by atoms with Crippen LogP contribution >= 0.6 is 0 Å². The molecule has 0 heterocycles. The highest BCUT2D eigenvalue weighted by Gasteiger charge is 2.13. The average Bonchev–Trinajstić information content (AvgIpc) is 2.47. The molecule has 4 heteroatoms. The molecule has 2 atom stereocenters. The van der Waals surface area contributed by atoms with E-state index in [4.69, 9.17) is 0 Å². The van der Waals surface area contributed by atoms with Gasteiger partial charge in [0.15, 0.2) is 5.78 Å². The van der Waals surface area contributed by atoms with E-state index in [0.29, 0.717) is 11.1 Å². The zero-order chi connectivity index (χ0) is 14.5. The van der Waals surface area contributed by atoms with Crippen molar-refractivity contribution in [2.24, 2.45) is 0 Å². The van der Waals surface area contributed by atoms with Gasteiger partial charge in [0, 0.05) is 22.5 Å². The molecule has 2 aromatic carbocycles. The molecule has 0 fully saturated rings. The molecule has 0 amide bonds. The summed E-state index contributed by atoms with van der Waals surface area (Å²) in [5, 5.41) is 0. The Morgan fingerprint density at radius 2 is 1.75 bits per heavy atom. The SMILES string of the molecule is C[C@@H](N[S+](C)[O-])c1cccc(C(=O)c2ccccc2)c1. The molecule has 1 unspecified atom stereocenters. The summed E-state index contributed by atoms with van der Waals surface area (Å²) >= 11 is -1.08. The molecule has 104 valence electrons. The molecule has 0 aliphatic carbocycles. The Bertz CT molecular complexity index is 584. The Morgan fingerprint density at radius 3 is 2.40 bits per heavy atom. The lowest BCUT2D eigenvalue weighted by Gasteiger charge is -2.14. The van der Waals surface area contributed by atoms with Crippen LogP contribution in [0.15, 0.2) is 54.6 Å². The second-order valence-electron chi connectivity index (χ2n) is 4.61. The van der Waals surface area contributed by atoms with Crippen molar-refractivity contribution in [3.05, 3.63) is 71.3 Å². The van der Waals surface area contributed by atoms with Crippen molar-refractivity contribution < 1.29 is 9.35 Å². The van der Waals surface area contributed by atoms with E-state index >= 15 is 0 Å². The van der Waals surface area contributed by atoms with Crippen molar-refractivity contribution >= 4 is 17.1 Å². The predicted molar refractivity (Wildman–Crippen MR) is 81.9 cm³/mol. The average molecular weight is 287 g/mol. The normalized spacial score (nSPS) is 13.8. The lowest BCUT2D eigenvalue weighted by atomic mass is 9.99. The minimum Gasteiger partial charge on any atom is -0.598 e. The van der Waals surface area contributed by atoms with Gasteiger partial charge in [0.1, 0.15) is 6.26 Å². The van der Waals surface area contributed by atoms with Gasteiger partial charge in [-0.1, -0.05) is 48.5 Å². The van der Waals surface area contributed by atoms with E-state index < -0.39 is 11.4 Å². The molecule has 0 saturated heterocycles. The second kappa shape index (κ2) is 6.70. The van der Waals surface area contributed by atoms with Crippen molar-refractivity contribution in [3.8, 4) is 0 Å². The number of carbonyl (C=O) groups excluding carboxylic acids is 1. The Labute approximate surface area is 122 Å². The molecule has 0 saturated carbocycles. The first-order valence-corrected chi connectivity index (χ1v) is 7.93. The monoisotopic (exact) mass is 287 g/mol. The summed E-state index contributed by atoms with van der Waals surface area (Å²) in [6.45, 7) is 1.92. The highest BCUT2D eigenvalue weighted by atomic mass is 32.2. The lowest BCUT2D eigenvalue weighted by molar-refractivity contribution is 0.103. The van der Waals surface area contributed by atoms with E-state index in [2.05, 4.69) is 4.72 Å². The number of ketones is 1. The minimum absolute atomic E-state index is 0.00253. The van der Waals surface area contributed by atoms with Crippen molar-refractivity contribution in [2.75, 3.05) is 6.26 Å². The third-order valence-corrected chi connectivity index (χ3v) is 3.71. The van der Waals surface area contributed by atoms with Crippen LogP contribution in [0.2, 0.25) is 0 Å². The van der Waals surface area contributed by atoms with E-state index in [1.807, 2.05) is 43.3 Å². The van der Waals surface area contributed by atoms with Crippen LogP contribution < -0.4 is 4.72 Å². The first kappa shape index (κ1) is 14.8. The van der Waals surface area contributed by atoms with Crippen molar-refractivity contribution in [1.82, 2.24) is 4.72 Å². The smallest absolute Gasteiger partial charge is 0.193 e. The summed E-state index contributed by atoms with van der Waals surface area (Å²) in [5.41, 5.74) is 2.26. The van der Waals surface area contributed by atoms with Gasteiger partial charge in [-0.25, -0.2) is 0 Å². The van der Waals surface area contributed by atoms with Crippen LogP contribution in [0.4, 0.5) is 0 Å². The van der Waals surface area contributed by atoms with Gasteiger partial charge in [0.25, 0.3) is 0 Å². The Balaban J connectivity index is 2.24. The molecule has 0 bridgehead atoms. The van der Waals surface area contributed by atoms with E-state index in [0.717, 1.165) is 5.56 Å². The molecular weight excluding hydrogens is 270 g/mol. The quantitative estimate of drug-likeness (QED) is 0.679. The second-order valence-corrected chi connectivity index (χ2v) is 5.76. The maximum Gasteiger partial charge on any atom is 0.193 e. The maximum atomic E-state index is 12.4. The summed E-state index contributed by atoms with van der Waals surface area (Å²) in [6, 6.07) is 16.5. The number of hydrogen-bond donors (Lipinski definition) is 1. The van der Waals surface area contributed by atoms with Gasteiger partial charge in [0.2, 0.25) is 0 Å². The number of rotatable bonds is 5. The Hall–Kier alpha value is -1.62. The van der Waals surface area contributed by atoms with Gasteiger partial charge in [0.05, 0.1) is 6.04 Å². The molecular formula is C16H17NO2S. The number of carbonyl (C=O) groups is 1. The molecule has 2 aromatic rings.